The molecule has 0 saturated carbocycles. The quantitative estimate of drug-likeness (QED) is 0.825. The van der Waals surface area contributed by atoms with Crippen LogP contribution in [0, 0.1) is 0 Å². The number of aromatic nitrogens is 4. The van der Waals surface area contributed by atoms with Gasteiger partial charge in [-0.05, 0) is 19.5 Å². The van der Waals surface area contributed by atoms with Gasteiger partial charge in [0.05, 0.1) is 12.2 Å². The van der Waals surface area contributed by atoms with Crippen LogP contribution in [0.3, 0.4) is 0 Å². The van der Waals surface area contributed by atoms with E-state index in [1.54, 1.807) is 4.68 Å². The van der Waals surface area contributed by atoms with Crippen LogP contribution in [0.1, 0.15) is 18.4 Å². The third kappa shape index (κ3) is 1.96. The second-order valence-electron chi connectivity index (χ2n) is 3.54. The van der Waals surface area contributed by atoms with E-state index in [0.717, 1.165) is 17.8 Å². The summed E-state index contributed by atoms with van der Waals surface area (Å²) in [4.78, 5) is 4.28. The summed E-state index contributed by atoms with van der Waals surface area (Å²) in [5.74, 6) is 1.16. The molecular formula is C10H15N5O. The Morgan fingerprint density at radius 1 is 1.50 bits per heavy atom. The Morgan fingerprint density at radius 3 is 2.94 bits per heavy atom. The minimum Gasteiger partial charge on any atom is -0.332 e. The molecule has 0 radical (unpaired) electrons. The molecule has 0 aliphatic heterocycles. The molecule has 0 aromatic carbocycles. The number of hydrogen-bond donors (Lipinski definition) is 1. The number of hydrogen-bond acceptors (Lipinski definition) is 5. The predicted molar refractivity (Wildman–Crippen MR) is 58.6 cm³/mol. The first-order valence-corrected chi connectivity index (χ1v) is 5.25. The third-order valence-electron chi connectivity index (χ3n) is 2.31. The van der Waals surface area contributed by atoms with E-state index in [-0.39, 0.29) is 0 Å². The molecule has 2 heterocycles. The highest BCUT2D eigenvalue weighted by Gasteiger charge is 2.13. The van der Waals surface area contributed by atoms with E-state index in [1.165, 1.54) is 0 Å². The van der Waals surface area contributed by atoms with Gasteiger partial charge in [0.1, 0.15) is 5.69 Å². The highest BCUT2D eigenvalue weighted by atomic mass is 16.5. The van der Waals surface area contributed by atoms with Gasteiger partial charge in [0.25, 0.3) is 5.89 Å². The van der Waals surface area contributed by atoms with Crippen molar-refractivity contribution in [2.75, 3.05) is 7.05 Å². The monoisotopic (exact) mass is 221 g/mol. The third-order valence-corrected chi connectivity index (χ3v) is 2.31. The van der Waals surface area contributed by atoms with E-state index in [9.17, 15) is 0 Å². The Balaban J connectivity index is 2.30. The lowest BCUT2D eigenvalue weighted by molar-refractivity contribution is 0.417. The Morgan fingerprint density at radius 2 is 2.31 bits per heavy atom. The molecule has 0 amide bonds. The molecule has 0 atom stereocenters. The van der Waals surface area contributed by atoms with Crippen LogP contribution in [0.4, 0.5) is 0 Å². The van der Waals surface area contributed by atoms with Crippen LogP contribution in [-0.4, -0.2) is 27.0 Å². The molecule has 0 aliphatic rings. The fourth-order valence-corrected chi connectivity index (χ4v) is 1.49. The first kappa shape index (κ1) is 10.8. The molecule has 86 valence electrons. The summed E-state index contributed by atoms with van der Waals surface area (Å²) in [6.07, 6.45) is 0.894. The highest BCUT2D eigenvalue weighted by Crippen LogP contribution is 2.17. The van der Waals surface area contributed by atoms with E-state index in [4.69, 9.17) is 4.52 Å². The van der Waals surface area contributed by atoms with Gasteiger partial charge in [-0.3, -0.25) is 4.68 Å². The number of nitrogens with zero attached hydrogens (tertiary/aromatic N) is 4. The summed E-state index contributed by atoms with van der Waals surface area (Å²) >= 11 is 0. The smallest absolute Gasteiger partial charge is 0.276 e. The predicted octanol–water partition coefficient (Wildman–Crippen LogP) is 0.752. The van der Waals surface area contributed by atoms with Gasteiger partial charge in [-0.25, -0.2) is 0 Å². The summed E-state index contributed by atoms with van der Waals surface area (Å²) in [7, 11) is 3.71. The van der Waals surface area contributed by atoms with Crippen molar-refractivity contribution in [3.05, 3.63) is 17.6 Å². The van der Waals surface area contributed by atoms with Gasteiger partial charge in [0.2, 0.25) is 0 Å². The zero-order chi connectivity index (χ0) is 11.5. The summed E-state index contributed by atoms with van der Waals surface area (Å²) in [6.45, 7) is 2.66. The molecule has 0 spiro atoms. The van der Waals surface area contributed by atoms with Crippen molar-refractivity contribution >= 4 is 0 Å². The van der Waals surface area contributed by atoms with Gasteiger partial charge in [0.15, 0.2) is 5.82 Å². The number of nitrogens with one attached hydrogen (secondary N) is 1. The summed E-state index contributed by atoms with van der Waals surface area (Å²) < 4.78 is 6.94. The molecule has 2 aromatic rings. The molecule has 6 nitrogen and oxygen atoms in total. The SMILES string of the molecule is CCc1cc(-c2nc(CNC)no2)n(C)n1. The van der Waals surface area contributed by atoms with Crippen molar-refractivity contribution in [3.63, 3.8) is 0 Å². The normalized spacial score (nSPS) is 10.9. The van der Waals surface area contributed by atoms with Crippen molar-refractivity contribution in [2.24, 2.45) is 7.05 Å². The Hall–Kier alpha value is -1.69. The maximum Gasteiger partial charge on any atom is 0.276 e. The van der Waals surface area contributed by atoms with Crippen LogP contribution in [0.25, 0.3) is 11.6 Å². The highest BCUT2D eigenvalue weighted by molar-refractivity contribution is 5.47. The number of aryl methyl sites for hydroxylation is 2. The van der Waals surface area contributed by atoms with Crippen LogP contribution in [-0.2, 0) is 20.0 Å². The molecule has 0 fully saturated rings. The molecule has 2 aromatic heterocycles. The largest absolute Gasteiger partial charge is 0.332 e. The van der Waals surface area contributed by atoms with Crippen LogP contribution in [0.2, 0.25) is 0 Å². The second kappa shape index (κ2) is 4.44. The fourth-order valence-electron chi connectivity index (χ4n) is 1.49. The van der Waals surface area contributed by atoms with E-state index < -0.39 is 0 Å². The van der Waals surface area contributed by atoms with Crippen molar-refractivity contribution in [3.8, 4) is 11.6 Å². The van der Waals surface area contributed by atoms with Gasteiger partial charge in [0, 0.05) is 7.05 Å². The molecule has 0 unspecified atom stereocenters. The van der Waals surface area contributed by atoms with Crippen LogP contribution >= 0.6 is 0 Å². The fraction of sp³-hybridized carbons (Fsp3) is 0.500. The first-order valence-electron chi connectivity index (χ1n) is 5.25. The topological polar surface area (TPSA) is 68.8 Å². The van der Waals surface area contributed by atoms with Crippen LogP contribution < -0.4 is 5.32 Å². The van der Waals surface area contributed by atoms with Crippen LogP contribution in [0.15, 0.2) is 10.6 Å². The lowest BCUT2D eigenvalue weighted by atomic mass is 10.3. The van der Waals surface area contributed by atoms with Crippen molar-refractivity contribution < 1.29 is 4.52 Å². The van der Waals surface area contributed by atoms with Gasteiger partial charge in [-0.15, -0.1) is 0 Å². The molecule has 0 aliphatic carbocycles. The maximum atomic E-state index is 5.18. The molecule has 0 bridgehead atoms. The molecular weight excluding hydrogens is 206 g/mol. The van der Waals surface area contributed by atoms with Gasteiger partial charge in [-0.2, -0.15) is 10.1 Å². The van der Waals surface area contributed by atoms with Crippen molar-refractivity contribution in [2.45, 2.75) is 19.9 Å². The Bertz CT molecular complexity index is 473. The lowest BCUT2D eigenvalue weighted by Gasteiger charge is -1.92. The Labute approximate surface area is 93.7 Å². The van der Waals surface area contributed by atoms with Gasteiger partial charge >= 0.3 is 0 Å². The van der Waals surface area contributed by atoms with E-state index in [1.807, 2.05) is 20.2 Å². The Kier molecular flexibility index (Phi) is 3.00. The van der Waals surface area contributed by atoms with Crippen LogP contribution in [0.5, 0.6) is 0 Å². The number of rotatable bonds is 4. The minimum atomic E-state index is 0.514. The van der Waals surface area contributed by atoms with E-state index in [2.05, 4.69) is 27.5 Å². The van der Waals surface area contributed by atoms with E-state index in [0.29, 0.717) is 18.3 Å². The lowest BCUT2D eigenvalue weighted by Crippen LogP contribution is -2.06. The molecule has 1 N–H and O–H groups in total. The summed E-state index contributed by atoms with van der Waals surface area (Å²) in [6, 6.07) is 1.97. The van der Waals surface area contributed by atoms with Gasteiger partial charge in [-0.1, -0.05) is 12.1 Å². The molecule has 2 rings (SSSR count). The molecule has 16 heavy (non-hydrogen) atoms. The molecule has 0 saturated heterocycles. The standard InChI is InChI=1S/C10H15N5O/c1-4-7-5-8(15(3)13-7)10-12-9(6-11-2)14-16-10/h5,11H,4,6H2,1-3H3. The van der Waals surface area contributed by atoms with Crippen molar-refractivity contribution in [1.82, 2.24) is 25.2 Å². The maximum absolute atomic E-state index is 5.18. The zero-order valence-electron chi connectivity index (χ0n) is 9.69. The molecule has 6 heteroatoms. The first-order chi connectivity index (χ1) is 7.74. The zero-order valence-corrected chi connectivity index (χ0v) is 9.69. The summed E-state index contributed by atoms with van der Waals surface area (Å²) in [5.41, 5.74) is 1.87. The summed E-state index contributed by atoms with van der Waals surface area (Å²) in [5, 5.41) is 11.2. The van der Waals surface area contributed by atoms with Gasteiger partial charge < -0.3 is 9.84 Å². The second-order valence-corrected chi connectivity index (χ2v) is 3.54. The average molecular weight is 221 g/mol. The average Bonchev–Trinajstić information content (AvgIpc) is 2.85. The minimum absolute atomic E-state index is 0.514. The van der Waals surface area contributed by atoms with E-state index >= 15 is 0 Å². The van der Waals surface area contributed by atoms with Crippen molar-refractivity contribution in [1.29, 1.82) is 0 Å².